The van der Waals surface area contributed by atoms with Crippen LogP contribution in [0.1, 0.15) is 58.5 Å². The van der Waals surface area contributed by atoms with Crippen molar-refractivity contribution in [3.8, 4) is 5.75 Å². The van der Waals surface area contributed by atoms with Crippen LogP contribution in [0.2, 0.25) is 0 Å². The molecular formula is C29H26N2O5. The van der Waals surface area contributed by atoms with E-state index < -0.39 is 5.97 Å². The topological polar surface area (TPSA) is 87.0 Å². The van der Waals surface area contributed by atoms with Crippen LogP contribution in [-0.2, 0) is 16.2 Å². The van der Waals surface area contributed by atoms with Crippen LogP contribution in [0.25, 0.3) is 21.8 Å². The Morgan fingerprint density at radius 1 is 1.06 bits per heavy atom. The maximum atomic E-state index is 13.4. The summed E-state index contributed by atoms with van der Waals surface area (Å²) in [7, 11) is 0. The monoisotopic (exact) mass is 482 g/mol. The number of aryl methyl sites for hydroxylation is 2. The number of fused-ring (bicyclic) bond motifs is 5. The molecule has 2 heterocycles. The first-order chi connectivity index (χ1) is 17.4. The normalized spacial score (nSPS) is 14.5. The van der Waals surface area contributed by atoms with E-state index in [9.17, 15) is 14.4 Å². The van der Waals surface area contributed by atoms with Gasteiger partial charge >= 0.3 is 5.97 Å². The molecule has 0 aliphatic carbocycles. The van der Waals surface area contributed by atoms with Crippen molar-refractivity contribution < 1.29 is 24.0 Å². The maximum Gasteiger partial charge on any atom is 0.334 e. The lowest BCUT2D eigenvalue weighted by Gasteiger charge is -2.09. The predicted molar refractivity (Wildman–Crippen MR) is 138 cm³/mol. The van der Waals surface area contributed by atoms with Crippen LogP contribution in [0.4, 0.5) is 0 Å². The van der Waals surface area contributed by atoms with Crippen molar-refractivity contribution in [2.45, 2.75) is 40.2 Å². The number of Topliss-reactive ketones (excluding diaryl/α,β-unsaturated/α-hetero) is 1. The van der Waals surface area contributed by atoms with Crippen LogP contribution in [0, 0.1) is 6.92 Å². The Hall–Kier alpha value is -4.26. The fourth-order valence-corrected chi connectivity index (χ4v) is 4.73. The molecule has 1 aliphatic rings. The Morgan fingerprint density at radius 3 is 2.58 bits per heavy atom. The van der Waals surface area contributed by atoms with Gasteiger partial charge in [-0.25, -0.2) is 4.79 Å². The fourth-order valence-electron chi connectivity index (χ4n) is 4.73. The molecule has 1 aliphatic heterocycles. The number of ether oxygens (including phenoxy) is 1. The number of rotatable bonds is 5. The van der Waals surface area contributed by atoms with Crippen LogP contribution >= 0.6 is 0 Å². The molecule has 0 bridgehead atoms. The second kappa shape index (κ2) is 9.41. The van der Waals surface area contributed by atoms with E-state index in [1.807, 2.05) is 55.5 Å². The molecule has 182 valence electrons. The number of nitrogens with zero attached hydrogens (tertiary/aromatic N) is 2. The average molecular weight is 483 g/mol. The minimum Gasteiger partial charge on any atom is -0.492 e. The first kappa shape index (κ1) is 23.5. The first-order valence-corrected chi connectivity index (χ1v) is 12.1. The van der Waals surface area contributed by atoms with Crippen molar-refractivity contribution in [3.63, 3.8) is 0 Å². The zero-order valence-corrected chi connectivity index (χ0v) is 20.5. The SMILES string of the molecule is CCC(=O)O/N=C1\CCOc2c(ccc3c2c2cc(C(=O)c4ccccc4C)ccc2n3CC)C1=O. The van der Waals surface area contributed by atoms with Crippen LogP contribution in [0.15, 0.2) is 59.8 Å². The molecule has 5 rings (SSSR count). The molecule has 7 heteroatoms. The van der Waals surface area contributed by atoms with Gasteiger partial charge in [0, 0.05) is 41.4 Å². The van der Waals surface area contributed by atoms with Gasteiger partial charge in [-0.05, 0) is 49.7 Å². The van der Waals surface area contributed by atoms with Gasteiger partial charge in [-0.2, -0.15) is 0 Å². The van der Waals surface area contributed by atoms with Gasteiger partial charge in [0.1, 0.15) is 11.5 Å². The van der Waals surface area contributed by atoms with Gasteiger partial charge in [-0.15, -0.1) is 0 Å². The summed E-state index contributed by atoms with van der Waals surface area (Å²) in [5, 5.41) is 5.45. The van der Waals surface area contributed by atoms with Crippen LogP contribution in [0.3, 0.4) is 0 Å². The molecule has 1 aromatic heterocycles. The molecule has 0 amide bonds. The zero-order chi connectivity index (χ0) is 25.4. The van der Waals surface area contributed by atoms with E-state index in [2.05, 4.69) is 16.6 Å². The summed E-state index contributed by atoms with van der Waals surface area (Å²) >= 11 is 0. The lowest BCUT2D eigenvalue weighted by molar-refractivity contribution is -0.143. The Balaban J connectivity index is 1.69. The van der Waals surface area contributed by atoms with E-state index in [-0.39, 0.29) is 36.7 Å². The highest BCUT2D eigenvalue weighted by Gasteiger charge is 2.28. The van der Waals surface area contributed by atoms with E-state index in [1.165, 1.54) is 0 Å². The molecule has 0 saturated heterocycles. The molecule has 7 nitrogen and oxygen atoms in total. The first-order valence-electron chi connectivity index (χ1n) is 12.1. The molecule has 3 aromatic carbocycles. The predicted octanol–water partition coefficient (Wildman–Crippen LogP) is 5.63. The number of carbonyl (C=O) groups is 3. The lowest BCUT2D eigenvalue weighted by Crippen LogP contribution is -2.15. The summed E-state index contributed by atoms with van der Waals surface area (Å²) < 4.78 is 8.27. The van der Waals surface area contributed by atoms with Crippen molar-refractivity contribution in [1.29, 1.82) is 0 Å². The van der Waals surface area contributed by atoms with Gasteiger partial charge in [0.25, 0.3) is 0 Å². The lowest BCUT2D eigenvalue weighted by atomic mass is 9.97. The molecule has 0 atom stereocenters. The zero-order valence-electron chi connectivity index (χ0n) is 20.5. The van der Waals surface area contributed by atoms with Crippen LogP contribution in [0.5, 0.6) is 5.75 Å². The van der Waals surface area contributed by atoms with Gasteiger partial charge in [-0.3, -0.25) is 9.59 Å². The maximum absolute atomic E-state index is 13.4. The number of hydrogen-bond acceptors (Lipinski definition) is 6. The molecule has 4 aromatic rings. The Kier molecular flexibility index (Phi) is 6.14. The van der Waals surface area contributed by atoms with Gasteiger partial charge < -0.3 is 14.1 Å². The van der Waals surface area contributed by atoms with Crippen molar-refractivity contribution in [2.24, 2.45) is 5.16 Å². The minimum atomic E-state index is -0.506. The van der Waals surface area contributed by atoms with Gasteiger partial charge in [-0.1, -0.05) is 36.3 Å². The van der Waals surface area contributed by atoms with Gasteiger partial charge in [0.15, 0.2) is 5.78 Å². The molecule has 0 spiro atoms. The van der Waals surface area contributed by atoms with E-state index in [4.69, 9.17) is 9.57 Å². The molecule has 0 N–H and O–H groups in total. The second-order valence-electron chi connectivity index (χ2n) is 8.74. The van der Waals surface area contributed by atoms with E-state index >= 15 is 0 Å². The summed E-state index contributed by atoms with van der Waals surface area (Å²) in [5.41, 5.74) is 4.51. The molecule has 0 unspecified atom stereocenters. The molecule has 0 radical (unpaired) electrons. The number of benzene rings is 3. The fraction of sp³-hybridized carbons (Fsp3) is 0.241. The highest BCUT2D eigenvalue weighted by molar-refractivity contribution is 6.47. The van der Waals surface area contributed by atoms with Gasteiger partial charge in [0.05, 0.1) is 23.1 Å². The quantitative estimate of drug-likeness (QED) is 0.209. The van der Waals surface area contributed by atoms with Crippen molar-refractivity contribution in [2.75, 3.05) is 6.61 Å². The third-order valence-electron chi connectivity index (χ3n) is 6.59. The second-order valence-corrected chi connectivity index (χ2v) is 8.74. The summed E-state index contributed by atoms with van der Waals surface area (Å²) in [4.78, 5) is 43.1. The molecule has 36 heavy (non-hydrogen) atoms. The number of oxime groups is 1. The largest absolute Gasteiger partial charge is 0.492 e. The van der Waals surface area contributed by atoms with Crippen molar-refractivity contribution in [3.05, 3.63) is 76.9 Å². The highest BCUT2D eigenvalue weighted by Crippen LogP contribution is 2.40. The summed E-state index contributed by atoms with van der Waals surface area (Å²) in [6.07, 6.45) is 0.383. The number of carbonyl (C=O) groups excluding carboxylic acids is 3. The number of ketones is 2. The number of aromatic nitrogens is 1. The number of hydrogen-bond donors (Lipinski definition) is 0. The smallest absolute Gasteiger partial charge is 0.334 e. The average Bonchev–Trinajstić information content (AvgIpc) is 3.13. The molecule has 0 saturated carbocycles. The van der Waals surface area contributed by atoms with Gasteiger partial charge in [0.2, 0.25) is 5.78 Å². The van der Waals surface area contributed by atoms with Crippen molar-refractivity contribution >= 4 is 45.1 Å². The van der Waals surface area contributed by atoms with Crippen LogP contribution < -0.4 is 4.74 Å². The van der Waals surface area contributed by atoms with Crippen molar-refractivity contribution in [1.82, 2.24) is 4.57 Å². The summed E-state index contributed by atoms with van der Waals surface area (Å²) in [6.45, 7) is 6.55. The standard InChI is InChI=1S/C29H26N2O5/c1-4-25(32)36-30-22-14-15-35-29-20(28(22)34)11-13-24-26(29)21-16-18(10-12-23(21)31(24)5-2)27(33)19-9-7-6-8-17(19)3/h6-13,16H,4-5,14-15H2,1-3H3/b30-22+. The highest BCUT2D eigenvalue weighted by atomic mass is 16.7. The van der Waals surface area contributed by atoms with E-state index in [1.54, 1.807) is 13.0 Å². The third-order valence-corrected chi connectivity index (χ3v) is 6.59. The Morgan fingerprint density at radius 2 is 1.83 bits per heavy atom. The summed E-state index contributed by atoms with van der Waals surface area (Å²) in [5.74, 6) is -0.438. The Bertz CT molecular complexity index is 1580. The van der Waals surface area contributed by atoms with Crippen LogP contribution in [-0.4, -0.2) is 34.4 Å². The molecule has 0 fully saturated rings. The van der Waals surface area contributed by atoms with E-state index in [0.717, 1.165) is 27.4 Å². The Labute approximate surface area is 208 Å². The van der Waals surface area contributed by atoms with E-state index in [0.29, 0.717) is 29.0 Å². The summed E-state index contributed by atoms with van der Waals surface area (Å²) in [6, 6.07) is 16.8. The third kappa shape index (κ3) is 3.86. The molecular weight excluding hydrogens is 456 g/mol. The minimum absolute atomic E-state index is 0.0569.